The molecule has 0 spiro atoms. The number of hydrogen-bond acceptors (Lipinski definition) is 2. The second-order valence-corrected chi connectivity index (χ2v) is 5.66. The summed E-state index contributed by atoms with van der Waals surface area (Å²) >= 11 is 3.61. The van der Waals surface area contributed by atoms with E-state index >= 15 is 0 Å². The summed E-state index contributed by atoms with van der Waals surface area (Å²) in [6.07, 6.45) is 3.51. The van der Waals surface area contributed by atoms with Gasteiger partial charge >= 0.3 is 0 Å². The molecule has 0 aliphatic heterocycles. The lowest BCUT2D eigenvalue weighted by Gasteiger charge is -2.14. The van der Waals surface area contributed by atoms with Crippen molar-refractivity contribution in [1.29, 1.82) is 0 Å². The highest BCUT2D eigenvalue weighted by atomic mass is 79.9. The molecule has 0 aliphatic carbocycles. The van der Waals surface area contributed by atoms with Crippen LogP contribution in [0.1, 0.15) is 32.3 Å². The zero-order chi connectivity index (χ0) is 13.4. The second-order valence-electron chi connectivity index (χ2n) is 4.81. The fraction of sp³-hybridized carbons (Fsp3) is 0.600. The molecule has 0 aromatic heterocycles. The van der Waals surface area contributed by atoms with E-state index in [1.807, 2.05) is 6.07 Å². The van der Waals surface area contributed by atoms with Gasteiger partial charge in [0.15, 0.2) is 0 Å². The van der Waals surface area contributed by atoms with Gasteiger partial charge in [-0.25, -0.2) is 0 Å². The molecule has 1 aromatic rings. The highest BCUT2D eigenvalue weighted by Gasteiger charge is 2.08. The third kappa shape index (κ3) is 5.40. The van der Waals surface area contributed by atoms with Crippen molar-refractivity contribution >= 4 is 15.9 Å². The molecule has 0 fully saturated rings. The van der Waals surface area contributed by atoms with E-state index < -0.39 is 0 Å². The molecule has 0 bridgehead atoms. The van der Waals surface area contributed by atoms with Gasteiger partial charge in [-0.05, 0) is 62.0 Å². The summed E-state index contributed by atoms with van der Waals surface area (Å²) < 4.78 is 6.45. The number of rotatable bonds is 8. The third-order valence-electron chi connectivity index (χ3n) is 3.06. The highest BCUT2D eigenvalue weighted by molar-refractivity contribution is 9.10. The van der Waals surface area contributed by atoms with Crippen LogP contribution in [-0.2, 0) is 6.42 Å². The van der Waals surface area contributed by atoms with E-state index in [0.717, 1.165) is 25.3 Å². The first-order chi connectivity index (χ1) is 8.67. The molecular weight excluding hydrogens is 290 g/mol. The van der Waals surface area contributed by atoms with Gasteiger partial charge in [-0.1, -0.05) is 29.8 Å². The minimum atomic E-state index is 0.678. The zero-order valence-corrected chi connectivity index (χ0v) is 13.2. The lowest BCUT2D eigenvalue weighted by Crippen LogP contribution is -2.18. The van der Waals surface area contributed by atoms with Gasteiger partial charge in [0.05, 0.1) is 7.11 Å². The van der Waals surface area contributed by atoms with Crippen molar-refractivity contribution in [3.63, 3.8) is 0 Å². The summed E-state index contributed by atoms with van der Waals surface area (Å²) in [5.41, 5.74) is 1.33. The normalized spacial score (nSPS) is 12.4. The van der Waals surface area contributed by atoms with Gasteiger partial charge in [-0.15, -0.1) is 0 Å². The van der Waals surface area contributed by atoms with Crippen molar-refractivity contribution < 1.29 is 4.74 Å². The summed E-state index contributed by atoms with van der Waals surface area (Å²) in [4.78, 5) is 0. The maximum absolute atomic E-state index is 5.27. The Morgan fingerprint density at radius 3 is 2.78 bits per heavy atom. The average molecular weight is 314 g/mol. The van der Waals surface area contributed by atoms with Gasteiger partial charge in [0.2, 0.25) is 0 Å². The number of benzene rings is 1. The maximum atomic E-state index is 5.27. The second kappa shape index (κ2) is 8.54. The van der Waals surface area contributed by atoms with Gasteiger partial charge in [0.1, 0.15) is 5.75 Å². The molecule has 1 unspecified atom stereocenters. The molecular formula is C15H24BrNO. The molecule has 1 aromatic carbocycles. The minimum Gasteiger partial charge on any atom is -0.497 e. The molecule has 1 rings (SSSR count). The number of hydrogen-bond donors (Lipinski definition) is 1. The van der Waals surface area contributed by atoms with Crippen LogP contribution in [0.15, 0.2) is 22.7 Å². The lowest BCUT2D eigenvalue weighted by atomic mass is 9.98. The summed E-state index contributed by atoms with van der Waals surface area (Å²) in [5.74, 6) is 1.61. The molecule has 0 amide bonds. The molecule has 0 saturated heterocycles. The van der Waals surface area contributed by atoms with Gasteiger partial charge in [-0.2, -0.15) is 0 Å². The number of ether oxygens (including phenoxy) is 1. The predicted octanol–water partition coefficient (Wildman–Crippen LogP) is 4.03. The highest BCUT2D eigenvalue weighted by Crippen LogP contribution is 2.25. The Bertz CT molecular complexity index is 354. The van der Waals surface area contributed by atoms with Crippen molar-refractivity contribution in [1.82, 2.24) is 5.32 Å². The van der Waals surface area contributed by atoms with Crippen LogP contribution in [0.4, 0.5) is 0 Å². The molecule has 1 atom stereocenters. The first kappa shape index (κ1) is 15.5. The van der Waals surface area contributed by atoms with Crippen LogP contribution >= 0.6 is 15.9 Å². The number of halogens is 1. The summed E-state index contributed by atoms with van der Waals surface area (Å²) in [7, 11) is 1.71. The van der Waals surface area contributed by atoms with Crippen molar-refractivity contribution in [2.75, 3.05) is 20.2 Å². The van der Waals surface area contributed by atoms with Crippen LogP contribution in [0.25, 0.3) is 0 Å². The van der Waals surface area contributed by atoms with Crippen LogP contribution in [0.2, 0.25) is 0 Å². The monoisotopic (exact) mass is 313 g/mol. The fourth-order valence-electron chi connectivity index (χ4n) is 1.96. The predicted molar refractivity (Wildman–Crippen MR) is 81.3 cm³/mol. The van der Waals surface area contributed by atoms with Crippen LogP contribution in [0, 0.1) is 5.92 Å². The van der Waals surface area contributed by atoms with E-state index in [9.17, 15) is 0 Å². The van der Waals surface area contributed by atoms with Gasteiger partial charge in [0.25, 0.3) is 0 Å². The van der Waals surface area contributed by atoms with Crippen molar-refractivity contribution in [3.8, 4) is 5.75 Å². The summed E-state index contributed by atoms with van der Waals surface area (Å²) in [6.45, 7) is 6.73. The molecule has 1 N–H and O–H groups in total. The standard InChI is InChI=1S/C15H24BrNO/c1-4-8-17-9-7-12(2)10-13-11-14(18-3)5-6-15(13)16/h5-6,11-12,17H,4,7-10H2,1-3H3. The quantitative estimate of drug-likeness (QED) is 0.732. The van der Waals surface area contributed by atoms with Crippen molar-refractivity contribution in [2.45, 2.75) is 33.1 Å². The van der Waals surface area contributed by atoms with E-state index in [-0.39, 0.29) is 0 Å². The van der Waals surface area contributed by atoms with Crippen LogP contribution in [0.5, 0.6) is 5.75 Å². The van der Waals surface area contributed by atoms with E-state index in [0.29, 0.717) is 5.92 Å². The smallest absolute Gasteiger partial charge is 0.119 e. The first-order valence-electron chi connectivity index (χ1n) is 6.70. The van der Waals surface area contributed by atoms with Crippen molar-refractivity contribution in [3.05, 3.63) is 28.2 Å². The molecule has 102 valence electrons. The maximum Gasteiger partial charge on any atom is 0.119 e. The van der Waals surface area contributed by atoms with Crippen LogP contribution < -0.4 is 10.1 Å². The zero-order valence-electron chi connectivity index (χ0n) is 11.6. The fourth-order valence-corrected chi connectivity index (χ4v) is 2.37. The van der Waals surface area contributed by atoms with E-state index in [1.54, 1.807) is 7.11 Å². The summed E-state index contributed by atoms with van der Waals surface area (Å²) in [6, 6.07) is 6.18. The largest absolute Gasteiger partial charge is 0.497 e. The molecule has 0 saturated carbocycles. The Balaban J connectivity index is 2.45. The molecule has 18 heavy (non-hydrogen) atoms. The van der Waals surface area contributed by atoms with E-state index in [1.165, 1.54) is 22.9 Å². The minimum absolute atomic E-state index is 0.678. The van der Waals surface area contributed by atoms with Gasteiger partial charge in [0, 0.05) is 4.47 Å². The first-order valence-corrected chi connectivity index (χ1v) is 7.49. The van der Waals surface area contributed by atoms with Crippen molar-refractivity contribution in [2.24, 2.45) is 5.92 Å². The van der Waals surface area contributed by atoms with Gasteiger partial charge < -0.3 is 10.1 Å². The number of methoxy groups -OCH3 is 1. The Morgan fingerprint density at radius 1 is 1.33 bits per heavy atom. The Labute approximate surface area is 119 Å². The molecule has 0 radical (unpaired) electrons. The Hall–Kier alpha value is -0.540. The molecule has 0 aliphatic rings. The number of nitrogens with one attached hydrogen (secondary N) is 1. The average Bonchev–Trinajstić information content (AvgIpc) is 2.37. The Kier molecular flexibility index (Phi) is 7.36. The summed E-state index contributed by atoms with van der Waals surface area (Å²) in [5, 5.41) is 3.45. The van der Waals surface area contributed by atoms with Gasteiger partial charge in [-0.3, -0.25) is 0 Å². The molecule has 0 heterocycles. The molecule has 2 nitrogen and oxygen atoms in total. The topological polar surface area (TPSA) is 21.3 Å². The SMILES string of the molecule is CCCNCCC(C)Cc1cc(OC)ccc1Br. The molecule has 3 heteroatoms. The third-order valence-corrected chi connectivity index (χ3v) is 3.84. The van der Waals surface area contributed by atoms with Crippen LogP contribution in [-0.4, -0.2) is 20.2 Å². The van der Waals surface area contributed by atoms with Crippen LogP contribution in [0.3, 0.4) is 0 Å². The van der Waals surface area contributed by atoms with E-state index in [2.05, 4.69) is 47.2 Å². The van der Waals surface area contributed by atoms with E-state index in [4.69, 9.17) is 4.74 Å². The Morgan fingerprint density at radius 2 is 2.11 bits per heavy atom. The lowest BCUT2D eigenvalue weighted by molar-refractivity contribution is 0.413.